The summed E-state index contributed by atoms with van der Waals surface area (Å²) in [7, 11) is 0. The summed E-state index contributed by atoms with van der Waals surface area (Å²) < 4.78 is 5.63. The first kappa shape index (κ1) is 18.1. The summed E-state index contributed by atoms with van der Waals surface area (Å²) in [5, 5.41) is 4.28. The summed E-state index contributed by atoms with van der Waals surface area (Å²) in [6.45, 7) is 0.887. The normalized spacial score (nSPS) is 21.6. The highest BCUT2D eigenvalue weighted by Gasteiger charge is 2.36. The molecule has 140 valence electrons. The van der Waals surface area contributed by atoms with Crippen LogP contribution in [0.4, 0.5) is 5.69 Å². The molecule has 2 unspecified atom stereocenters. The minimum atomic E-state index is -0.390. The lowest BCUT2D eigenvalue weighted by atomic mass is 9.99. The van der Waals surface area contributed by atoms with Crippen molar-refractivity contribution < 1.29 is 14.3 Å². The number of fused-ring (bicyclic) bond motifs is 1. The van der Waals surface area contributed by atoms with Gasteiger partial charge in [0.1, 0.15) is 5.75 Å². The summed E-state index contributed by atoms with van der Waals surface area (Å²) in [5.74, 6) is 0.158. The number of nitrogens with one attached hydrogen (secondary N) is 1. The van der Waals surface area contributed by atoms with Crippen molar-refractivity contribution in [3.05, 3.63) is 58.1 Å². The van der Waals surface area contributed by atoms with E-state index in [1.54, 1.807) is 35.2 Å². The van der Waals surface area contributed by atoms with Crippen molar-refractivity contribution in [3.63, 3.8) is 0 Å². The van der Waals surface area contributed by atoms with Gasteiger partial charge in [0.05, 0.1) is 18.6 Å². The second kappa shape index (κ2) is 7.41. The molecule has 0 bridgehead atoms. The van der Waals surface area contributed by atoms with Gasteiger partial charge in [-0.1, -0.05) is 23.2 Å². The van der Waals surface area contributed by atoms with Crippen LogP contribution in [-0.2, 0) is 9.59 Å². The van der Waals surface area contributed by atoms with Crippen molar-refractivity contribution in [2.24, 2.45) is 5.92 Å². The van der Waals surface area contributed by atoms with Gasteiger partial charge in [0, 0.05) is 40.7 Å². The van der Waals surface area contributed by atoms with Crippen molar-refractivity contribution in [3.8, 4) is 5.75 Å². The largest absolute Gasteiger partial charge is 0.493 e. The molecule has 2 aliphatic heterocycles. The molecule has 2 amide bonds. The molecular formula is C20H18Cl2N2O3. The molecule has 1 N–H and O–H groups in total. The van der Waals surface area contributed by atoms with E-state index in [2.05, 4.69) is 5.32 Å². The fourth-order valence-electron chi connectivity index (χ4n) is 3.56. The summed E-state index contributed by atoms with van der Waals surface area (Å²) in [5.41, 5.74) is 1.63. The average Bonchev–Trinajstić information content (AvgIpc) is 3.05. The Morgan fingerprint density at radius 1 is 1.11 bits per heavy atom. The Kier molecular flexibility index (Phi) is 4.98. The van der Waals surface area contributed by atoms with Gasteiger partial charge < -0.3 is 15.0 Å². The van der Waals surface area contributed by atoms with Gasteiger partial charge in [-0.3, -0.25) is 9.59 Å². The minimum Gasteiger partial charge on any atom is -0.493 e. The summed E-state index contributed by atoms with van der Waals surface area (Å²) in [4.78, 5) is 26.8. The van der Waals surface area contributed by atoms with Crippen LogP contribution in [0.15, 0.2) is 42.5 Å². The summed E-state index contributed by atoms with van der Waals surface area (Å²) in [6, 6.07) is 12.3. The van der Waals surface area contributed by atoms with E-state index in [0.29, 0.717) is 29.6 Å². The molecule has 2 heterocycles. The number of ether oxygens (including phenoxy) is 1. The molecule has 0 saturated carbocycles. The Labute approximate surface area is 167 Å². The highest BCUT2D eigenvalue weighted by atomic mass is 35.5. The molecule has 2 aliphatic rings. The molecule has 0 aromatic heterocycles. The number of halogens is 2. The van der Waals surface area contributed by atoms with E-state index in [1.165, 1.54) is 0 Å². The van der Waals surface area contributed by atoms with Crippen molar-refractivity contribution >= 4 is 40.7 Å². The van der Waals surface area contributed by atoms with Gasteiger partial charge in [-0.2, -0.15) is 0 Å². The predicted molar refractivity (Wildman–Crippen MR) is 104 cm³/mol. The Morgan fingerprint density at radius 3 is 2.63 bits per heavy atom. The van der Waals surface area contributed by atoms with Crippen LogP contribution in [0.2, 0.25) is 10.0 Å². The first-order chi connectivity index (χ1) is 13.0. The zero-order valence-electron chi connectivity index (χ0n) is 14.5. The molecule has 0 aliphatic carbocycles. The second-order valence-corrected chi connectivity index (χ2v) is 7.64. The Bertz CT molecular complexity index is 885. The first-order valence-corrected chi connectivity index (χ1v) is 9.55. The molecule has 2 aromatic rings. The van der Waals surface area contributed by atoms with E-state index in [1.807, 2.05) is 12.1 Å². The van der Waals surface area contributed by atoms with Crippen molar-refractivity contribution in [1.82, 2.24) is 5.32 Å². The number of carbonyl (C=O) groups is 2. The van der Waals surface area contributed by atoms with E-state index >= 15 is 0 Å². The fourth-order valence-corrected chi connectivity index (χ4v) is 3.87. The number of hydrogen-bond donors (Lipinski definition) is 1. The van der Waals surface area contributed by atoms with Gasteiger partial charge in [-0.05, 0) is 42.5 Å². The van der Waals surface area contributed by atoms with Gasteiger partial charge in [-0.15, -0.1) is 0 Å². The van der Waals surface area contributed by atoms with Crippen LogP contribution < -0.4 is 15.0 Å². The molecule has 2 aromatic carbocycles. The number of hydrogen-bond acceptors (Lipinski definition) is 3. The van der Waals surface area contributed by atoms with E-state index in [4.69, 9.17) is 27.9 Å². The van der Waals surface area contributed by atoms with E-state index < -0.39 is 5.92 Å². The van der Waals surface area contributed by atoms with E-state index in [9.17, 15) is 9.59 Å². The quantitative estimate of drug-likeness (QED) is 0.841. The number of carbonyl (C=O) groups excluding carboxylic acids is 2. The molecule has 2 atom stereocenters. The Morgan fingerprint density at radius 2 is 1.85 bits per heavy atom. The highest BCUT2D eigenvalue weighted by molar-refractivity contribution is 6.31. The maximum atomic E-state index is 12.8. The molecule has 27 heavy (non-hydrogen) atoms. The van der Waals surface area contributed by atoms with E-state index in [0.717, 1.165) is 17.0 Å². The maximum absolute atomic E-state index is 12.8. The van der Waals surface area contributed by atoms with Crippen LogP contribution in [0, 0.1) is 5.92 Å². The molecule has 0 radical (unpaired) electrons. The monoisotopic (exact) mass is 404 g/mol. The van der Waals surface area contributed by atoms with Crippen LogP contribution in [0.3, 0.4) is 0 Å². The highest BCUT2D eigenvalue weighted by Crippen LogP contribution is 2.35. The number of anilines is 1. The van der Waals surface area contributed by atoms with Crippen LogP contribution in [0.5, 0.6) is 5.75 Å². The third-order valence-electron chi connectivity index (χ3n) is 4.96. The van der Waals surface area contributed by atoms with Gasteiger partial charge >= 0.3 is 0 Å². The lowest BCUT2D eigenvalue weighted by molar-refractivity contribution is -0.127. The SMILES string of the molecule is O=C(NC1CCOc2ccc(Cl)cc21)C1CC(=O)N(c2ccc(Cl)cc2)C1. The lowest BCUT2D eigenvalue weighted by Gasteiger charge is -2.27. The van der Waals surface area contributed by atoms with Crippen LogP contribution >= 0.6 is 23.2 Å². The first-order valence-electron chi connectivity index (χ1n) is 8.80. The van der Waals surface area contributed by atoms with E-state index in [-0.39, 0.29) is 24.3 Å². The third-order valence-corrected chi connectivity index (χ3v) is 5.45. The smallest absolute Gasteiger partial charge is 0.227 e. The van der Waals surface area contributed by atoms with Crippen LogP contribution in [0.25, 0.3) is 0 Å². The standard InChI is InChI=1S/C20H18Cl2N2O3/c21-13-1-4-15(5-2-13)24-11-12(9-19(24)25)20(26)23-17-7-8-27-18-6-3-14(22)10-16(17)18/h1-6,10,12,17H,7-9,11H2,(H,23,26). The molecule has 7 heteroatoms. The Balaban J connectivity index is 1.46. The molecule has 1 fully saturated rings. The van der Waals surface area contributed by atoms with Gasteiger partial charge in [-0.25, -0.2) is 0 Å². The number of nitrogens with zero attached hydrogens (tertiary/aromatic N) is 1. The zero-order chi connectivity index (χ0) is 19.0. The fraction of sp³-hybridized carbons (Fsp3) is 0.300. The second-order valence-electron chi connectivity index (χ2n) is 6.76. The van der Waals surface area contributed by atoms with Gasteiger partial charge in [0.2, 0.25) is 11.8 Å². The van der Waals surface area contributed by atoms with Gasteiger partial charge in [0.15, 0.2) is 0 Å². The van der Waals surface area contributed by atoms with Crippen molar-refractivity contribution in [2.75, 3.05) is 18.1 Å². The predicted octanol–water partition coefficient (Wildman–Crippen LogP) is 3.99. The number of rotatable bonds is 3. The summed E-state index contributed by atoms with van der Waals surface area (Å²) in [6.07, 6.45) is 0.862. The van der Waals surface area contributed by atoms with Crippen LogP contribution in [0.1, 0.15) is 24.4 Å². The zero-order valence-corrected chi connectivity index (χ0v) is 16.0. The van der Waals surface area contributed by atoms with Crippen molar-refractivity contribution in [1.29, 1.82) is 0 Å². The molecule has 5 nitrogen and oxygen atoms in total. The molecular weight excluding hydrogens is 387 g/mol. The van der Waals surface area contributed by atoms with Crippen molar-refractivity contribution in [2.45, 2.75) is 18.9 Å². The number of benzene rings is 2. The minimum absolute atomic E-state index is 0.0621. The third kappa shape index (κ3) is 3.75. The van der Waals surface area contributed by atoms with Crippen LogP contribution in [-0.4, -0.2) is 25.0 Å². The lowest BCUT2D eigenvalue weighted by Crippen LogP contribution is -2.37. The maximum Gasteiger partial charge on any atom is 0.227 e. The molecule has 1 saturated heterocycles. The Hall–Kier alpha value is -2.24. The average molecular weight is 405 g/mol. The summed E-state index contributed by atoms with van der Waals surface area (Å²) >= 11 is 12.0. The molecule has 0 spiro atoms. The van der Waals surface area contributed by atoms with Gasteiger partial charge in [0.25, 0.3) is 0 Å². The number of amides is 2. The molecule has 4 rings (SSSR count). The topological polar surface area (TPSA) is 58.6 Å².